The van der Waals surface area contributed by atoms with E-state index in [1.165, 1.54) is 0 Å². The molecule has 1 rings (SSSR count). The van der Waals surface area contributed by atoms with Gasteiger partial charge in [-0.25, -0.2) is 0 Å². The Morgan fingerprint density at radius 2 is 2.08 bits per heavy atom. The molecule has 1 atom stereocenters. The molecule has 1 aromatic carbocycles. The van der Waals surface area contributed by atoms with Crippen molar-refractivity contribution < 1.29 is 11.3 Å². The second-order valence-corrected chi connectivity index (χ2v) is 3.17. The van der Waals surface area contributed by atoms with Gasteiger partial charge in [-0.1, -0.05) is 19.1 Å². The summed E-state index contributed by atoms with van der Waals surface area (Å²) in [5, 5.41) is 9.01. The number of primary amides is 1. The first kappa shape index (κ1) is 9.58. The normalized spacial score (nSPS) is 12.4. The molecule has 0 aliphatic carbocycles. The van der Waals surface area contributed by atoms with E-state index in [0.717, 1.165) is 5.56 Å². The third-order valence-corrected chi connectivity index (χ3v) is 1.96. The van der Waals surface area contributed by atoms with Gasteiger partial charge in [0.15, 0.2) is 0 Å². The molecule has 0 aliphatic heterocycles. The number of nitrogens with two attached hydrogens (primary N) is 1. The minimum absolute atomic E-state index is 0. The number of amides is 1. The average molecular weight is 181 g/mol. The molecule has 3 heteroatoms. The Kier molecular flexibility index (Phi) is 2.90. The highest BCUT2D eigenvalue weighted by Gasteiger charge is 2.08. The highest BCUT2D eigenvalue weighted by atomic mass is 16.3. The SMILES string of the molecule is C[C@@H](Cc1ccc(O)cc1)C(N)=O.[HH]. The van der Waals surface area contributed by atoms with Crippen molar-refractivity contribution in [2.75, 3.05) is 0 Å². The molecule has 1 aromatic rings. The number of phenols is 1. The van der Waals surface area contributed by atoms with Gasteiger partial charge < -0.3 is 10.8 Å². The monoisotopic (exact) mass is 181 g/mol. The summed E-state index contributed by atoms with van der Waals surface area (Å²) in [5.41, 5.74) is 6.13. The summed E-state index contributed by atoms with van der Waals surface area (Å²) >= 11 is 0. The maximum Gasteiger partial charge on any atom is 0.220 e. The van der Waals surface area contributed by atoms with Crippen molar-refractivity contribution in [3.63, 3.8) is 0 Å². The summed E-state index contributed by atoms with van der Waals surface area (Å²) in [6.07, 6.45) is 0.621. The first-order valence-electron chi connectivity index (χ1n) is 4.17. The van der Waals surface area contributed by atoms with Gasteiger partial charge in [-0.2, -0.15) is 0 Å². The topological polar surface area (TPSA) is 63.3 Å². The fourth-order valence-corrected chi connectivity index (χ4v) is 1.09. The smallest absolute Gasteiger partial charge is 0.220 e. The Bertz CT molecular complexity index is 297. The quantitative estimate of drug-likeness (QED) is 0.738. The summed E-state index contributed by atoms with van der Waals surface area (Å²) in [7, 11) is 0. The molecule has 0 aliphatic rings. The zero-order valence-corrected chi connectivity index (χ0v) is 7.53. The first-order valence-corrected chi connectivity index (χ1v) is 4.17. The van der Waals surface area contributed by atoms with Crippen LogP contribution in [0.15, 0.2) is 24.3 Å². The van der Waals surface area contributed by atoms with E-state index in [1.54, 1.807) is 31.2 Å². The van der Waals surface area contributed by atoms with Crippen molar-refractivity contribution in [1.29, 1.82) is 0 Å². The van der Waals surface area contributed by atoms with Gasteiger partial charge in [0, 0.05) is 7.34 Å². The lowest BCUT2D eigenvalue weighted by atomic mass is 10.0. The Morgan fingerprint density at radius 1 is 1.54 bits per heavy atom. The molecule has 0 unspecified atom stereocenters. The number of carbonyl (C=O) groups excluding carboxylic acids is 1. The summed E-state index contributed by atoms with van der Waals surface area (Å²) in [6, 6.07) is 6.77. The second kappa shape index (κ2) is 3.94. The zero-order valence-electron chi connectivity index (χ0n) is 7.53. The van der Waals surface area contributed by atoms with Crippen LogP contribution >= 0.6 is 0 Å². The molecule has 1 amide bonds. The fraction of sp³-hybridized carbons (Fsp3) is 0.300. The van der Waals surface area contributed by atoms with E-state index >= 15 is 0 Å². The minimum atomic E-state index is -0.298. The lowest BCUT2D eigenvalue weighted by Crippen LogP contribution is -2.22. The van der Waals surface area contributed by atoms with Gasteiger partial charge in [0.1, 0.15) is 5.75 Å². The van der Waals surface area contributed by atoms with Crippen LogP contribution in [0.4, 0.5) is 0 Å². The van der Waals surface area contributed by atoms with Crippen LogP contribution in [-0.2, 0) is 11.2 Å². The number of hydrogen-bond acceptors (Lipinski definition) is 2. The van der Waals surface area contributed by atoms with E-state index in [2.05, 4.69) is 0 Å². The van der Waals surface area contributed by atoms with Crippen LogP contribution in [0.3, 0.4) is 0 Å². The predicted octanol–water partition coefficient (Wildman–Crippen LogP) is 1.30. The molecule has 13 heavy (non-hydrogen) atoms. The van der Waals surface area contributed by atoms with Gasteiger partial charge in [-0.05, 0) is 24.1 Å². The van der Waals surface area contributed by atoms with Crippen molar-refractivity contribution >= 4 is 5.91 Å². The van der Waals surface area contributed by atoms with Crippen LogP contribution in [0, 0.1) is 5.92 Å². The number of phenolic OH excluding ortho intramolecular Hbond substituents is 1. The molecule has 3 N–H and O–H groups in total. The molecule has 0 aromatic heterocycles. The van der Waals surface area contributed by atoms with Crippen molar-refractivity contribution in [2.45, 2.75) is 13.3 Å². The van der Waals surface area contributed by atoms with Gasteiger partial charge >= 0.3 is 0 Å². The number of rotatable bonds is 3. The number of aromatic hydroxyl groups is 1. The van der Waals surface area contributed by atoms with Crippen molar-refractivity contribution in [1.82, 2.24) is 0 Å². The Hall–Kier alpha value is -1.51. The second-order valence-electron chi connectivity index (χ2n) is 3.17. The molecule has 0 saturated carbocycles. The van der Waals surface area contributed by atoms with Crippen molar-refractivity contribution in [3.8, 4) is 5.75 Å². The Morgan fingerprint density at radius 3 is 2.54 bits per heavy atom. The maximum atomic E-state index is 10.7. The zero-order chi connectivity index (χ0) is 9.84. The van der Waals surface area contributed by atoms with Gasteiger partial charge in [0.05, 0.1) is 0 Å². The molecule has 0 fully saturated rings. The summed E-state index contributed by atoms with van der Waals surface area (Å²) in [6.45, 7) is 1.79. The third-order valence-electron chi connectivity index (χ3n) is 1.96. The van der Waals surface area contributed by atoms with Gasteiger partial charge in [-0.3, -0.25) is 4.79 Å². The van der Waals surface area contributed by atoms with Crippen LogP contribution in [0.5, 0.6) is 5.75 Å². The lowest BCUT2D eigenvalue weighted by Gasteiger charge is -2.06. The molecule has 0 bridgehead atoms. The minimum Gasteiger partial charge on any atom is -0.508 e. The van der Waals surface area contributed by atoms with E-state index in [-0.39, 0.29) is 19.0 Å². The van der Waals surface area contributed by atoms with Gasteiger partial charge in [0.2, 0.25) is 5.91 Å². The van der Waals surface area contributed by atoms with E-state index in [9.17, 15) is 4.79 Å². The van der Waals surface area contributed by atoms with Gasteiger partial charge in [0.25, 0.3) is 0 Å². The van der Waals surface area contributed by atoms with E-state index in [1.807, 2.05) is 0 Å². The molecule has 0 saturated heterocycles. The largest absolute Gasteiger partial charge is 0.508 e. The highest BCUT2D eigenvalue weighted by Crippen LogP contribution is 2.13. The highest BCUT2D eigenvalue weighted by molar-refractivity contribution is 5.76. The lowest BCUT2D eigenvalue weighted by molar-refractivity contribution is -0.121. The molecular weight excluding hydrogens is 166 g/mol. The van der Waals surface area contributed by atoms with E-state index < -0.39 is 0 Å². The number of benzene rings is 1. The van der Waals surface area contributed by atoms with Crippen molar-refractivity contribution in [3.05, 3.63) is 29.8 Å². The van der Waals surface area contributed by atoms with Crippen LogP contribution in [0.1, 0.15) is 13.9 Å². The standard InChI is InChI=1S/C10H13NO2.H2/c1-7(10(11)13)6-8-2-4-9(12)5-3-8;/h2-5,7,12H,6H2,1H3,(H2,11,13);1H/t7-;/m0./s1. The number of carbonyl (C=O) groups is 1. The van der Waals surface area contributed by atoms with E-state index in [4.69, 9.17) is 10.8 Å². The molecule has 0 spiro atoms. The summed E-state index contributed by atoms with van der Waals surface area (Å²) in [5.74, 6) is -0.229. The predicted molar refractivity (Wildman–Crippen MR) is 52.3 cm³/mol. The Labute approximate surface area is 78.7 Å². The molecule has 0 radical (unpaired) electrons. The van der Waals surface area contributed by atoms with Crippen LogP contribution in [0.2, 0.25) is 0 Å². The number of hydrogen-bond donors (Lipinski definition) is 2. The summed E-state index contributed by atoms with van der Waals surface area (Å²) < 4.78 is 0. The maximum absolute atomic E-state index is 10.7. The van der Waals surface area contributed by atoms with Crippen LogP contribution in [-0.4, -0.2) is 11.0 Å². The van der Waals surface area contributed by atoms with Crippen molar-refractivity contribution in [2.24, 2.45) is 11.7 Å². The molecule has 72 valence electrons. The summed E-state index contributed by atoms with van der Waals surface area (Å²) in [4.78, 5) is 10.7. The van der Waals surface area contributed by atoms with Crippen LogP contribution in [0.25, 0.3) is 0 Å². The van der Waals surface area contributed by atoms with E-state index in [0.29, 0.717) is 6.42 Å². The molecule has 0 heterocycles. The molecule has 3 nitrogen and oxygen atoms in total. The fourth-order valence-electron chi connectivity index (χ4n) is 1.09. The average Bonchev–Trinajstić information content (AvgIpc) is 2.08. The third kappa shape index (κ3) is 2.78. The molecular formula is C10H15NO2. The first-order chi connectivity index (χ1) is 6.09. The van der Waals surface area contributed by atoms with Crippen LogP contribution < -0.4 is 5.73 Å². The van der Waals surface area contributed by atoms with Gasteiger partial charge in [-0.15, -0.1) is 0 Å². The Balaban J connectivity index is 0.00000169.